The molecule has 0 spiro atoms. The van der Waals surface area contributed by atoms with Crippen LogP contribution in [0.2, 0.25) is 0 Å². The van der Waals surface area contributed by atoms with Gasteiger partial charge in [-0.15, -0.1) is 5.10 Å². The molecule has 8 nitrogen and oxygen atoms in total. The Morgan fingerprint density at radius 1 is 1.17 bits per heavy atom. The molecule has 1 aromatic heterocycles. The summed E-state index contributed by atoms with van der Waals surface area (Å²) < 4.78 is 62.4. The van der Waals surface area contributed by atoms with Crippen LogP contribution in [0.3, 0.4) is 0 Å². The highest BCUT2D eigenvalue weighted by Gasteiger charge is 2.26. The van der Waals surface area contributed by atoms with Crippen LogP contribution in [0.25, 0.3) is 5.69 Å². The number of anilines is 1. The van der Waals surface area contributed by atoms with Crippen molar-refractivity contribution in [3.8, 4) is 5.69 Å². The van der Waals surface area contributed by atoms with E-state index in [9.17, 15) is 26.4 Å². The molecule has 1 N–H and O–H groups in total. The molecule has 1 heterocycles. The Bertz CT molecular complexity index is 1120. The monoisotopic (exact) mass is 443 g/mol. The van der Waals surface area contributed by atoms with Crippen molar-refractivity contribution in [2.45, 2.75) is 15.8 Å². The molecule has 2 aromatic carbocycles. The number of hydrogen-bond acceptors (Lipinski definition) is 7. The first kappa shape index (κ1) is 20.8. The highest BCUT2D eigenvalue weighted by atomic mass is 32.2. The van der Waals surface area contributed by atoms with Gasteiger partial charge in [-0.1, -0.05) is 17.8 Å². The maximum absolute atomic E-state index is 13.4. The third kappa shape index (κ3) is 4.92. The summed E-state index contributed by atoms with van der Waals surface area (Å²) in [6, 6.07) is 9.96. The van der Waals surface area contributed by atoms with Gasteiger partial charge < -0.3 is 5.32 Å². The van der Waals surface area contributed by atoms with Gasteiger partial charge >= 0.3 is 5.76 Å². The maximum atomic E-state index is 13.4. The van der Waals surface area contributed by atoms with Gasteiger partial charge in [-0.2, -0.15) is 13.5 Å². The summed E-state index contributed by atoms with van der Waals surface area (Å²) in [7, 11) is -4.70. The van der Waals surface area contributed by atoms with Gasteiger partial charge in [0, 0.05) is 5.69 Å². The van der Waals surface area contributed by atoms with Crippen LogP contribution in [0, 0.1) is 5.82 Å². The summed E-state index contributed by atoms with van der Waals surface area (Å²) in [4.78, 5) is 11.5. The SMILES string of the molecule is O=C(CSc1nnnn1-c1cccc(F)c1)Nc1ccc(S(=O)(=O)C(F)F)cc1. The molecule has 0 fully saturated rings. The number of nitrogens with one attached hydrogen (secondary N) is 1. The number of halogens is 3. The standard InChI is InChI=1S/C16H12F3N5O3S2/c17-10-2-1-3-12(8-10)24-16(21-22-23-24)28-9-14(25)20-11-4-6-13(7-5-11)29(26,27)15(18)19/h1-8,15H,9H2,(H,20,25). The number of rotatable bonds is 7. The number of thioether (sulfide) groups is 1. The number of carbonyl (C=O) groups excluding carboxylic acids is 1. The zero-order valence-corrected chi connectivity index (χ0v) is 16.0. The molecule has 0 bridgehead atoms. The fourth-order valence-electron chi connectivity index (χ4n) is 2.20. The van der Waals surface area contributed by atoms with Gasteiger partial charge in [0.2, 0.25) is 20.9 Å². The Labute approximate surface area is 167 Å². The van der Waals surface area contributed by atoms with Crippen molar-refractivity contribution in [1.82, 2.24) is 20.2 Å². The zero-order valence-electron chi connectivity index (χ0n) is 14.4. The minimum absolute atomic E-state index is 0.104. The number of sulfone groups is 1. The molecule has 0 aliphatic heterocycles. The maximum Gasteiger partial charge on any atom is 0.341 e. The predicted molar refractivity (Wildman–Crippen MR) is 98.1 cm³/mol. The number of amides is 1. The number of aromatic nitrogens is 4. The molecule has 0 atom stereocenters. The Hall–Kier alpha value is -2.93. The summed E-state index contributed by atoms with van der Waals surface area (Å²) in [5.74, 6) is -4.56. The Morgan fingerprint density at radius 2 is 1.90 bits per heavy atom. The first-order valence-electron chi connectivity index (χ1n) is 7.86. The molecule has 13 heteroatoms. The van der Waals surface area contributed by atoms with Gasteiger partial charge in [0.1, 0.15) is 5.82 Å². The molecule has 0 aliphatic rings. The quantitative estimate of drug-likeness (QED) is 0.559. The lowest BCUT2D eigenvalue weighted by atomic mass is 10.3. The highest BCUT2D eigenvalue weighted by Crippen LogP contribution is 2.21. The van der Waals surface area contributed by atoms with Gasteiger partial charge in [0.15, 0.2) is 0 Å². The largest absolute Gasteiger partial charge is 0.341 e. The topological polar surface area (TPSA) is 107 Å². The zero-order chi connectivity index (χ0) is 21.0. The number of benzene rings is 2. The van der Waals surface area contributed by atoms with Crippen molar-refractivity contribution in [2.75, 3.05) is 11.1 Å². The number of tetrazole rings is 1. The number of alkyl halides is 2. The van der Waals surface area contributed by atoms with Crippen LogP contribution in [0.5, 0.6) is 0 Å². The van der Waals surface area contributed by atoms with E-state index in [0.717, 1.165) is 23.9 Å². The van der Waals surface area contributed by atoms with Crippen molar-refractivity contribution >= 4 is 33.2 Å². The molecule has 0 radical (unpaired) electrons. The van der Waals surface area contributed by atoms with Crippen LogP contribution in [0.4, 0.5) is 18.9 Å². The van der Waals surface area contributed by atoms with E-state index in [4.69, 9.17) is 0 Å². The van der Waals surface area contributed by atoms with Gasteiger partial charge in [-0.25, -0.2) is 12.8 Å². The average molecular weight is 443 g/mol. The average Bonchev–Trinajstić information content (AvgIpc) is 3.15. The van der Waals surface area contributed by atoms with Crippen molar-refractivity contribution in [2.24, 2.45) is 0 Å². The summed E-state index contributed by atoms with van der Waals surface area (Å²) in [6.45, 7) is 0. The van der Waals surface area contributed by atoms with Crippen molar-refractivity contribution in [3.05, 3.63) is 54.3 Å². The molecule has 0 unspecified atom stereocenters. The fourth-order valence-corrected chi connectivity index (χ4v) is 3.61. The second-order valence-electron chi connectivity index (χ2n) is 5.52. The fraction of sp³-hybridized carbons (Fsp3) is 0.125. The second-order valence-corrected chi connectivity index (χ2v) is 8.38. The lowest BCUT2D eigenvalue weighted by Crippen LogP contribution is -2.15. The van der Waals surface area contributed by atoms with Crippen LogP contribution in [0.1, 0.15) is 0 Å². The number of carbonyl (C=O) groups is 1. The Kier molecular flexibility index (Phi) is 6.17. The Balaban J connectivity index is 1.62. The third-order valence-corrected chi connectivity index (χ3v) is 5.84. The molecule has 0 saturated carbocycles. The van der Waals surface area contributed by atoms with E-state index in [0.29, 0.717) is 5.69 Å². The van der Waals surface area contributed by atoms with E-state index in [-0.39, 0.29) is 16.6 Å². The molecule has 152 valence electrons. The van der Waals surface area contributed by atoms with Crippen LogP contribution >= 0.6 is 11.8 Å². The van der Waals surface area contributed by atoms with Crippen LogP contribution < -0.4 is 5.32 Å². The third-order valence-electron chi connectivity index (χ3n) is 3.53. The second kappa shape index (κ2) is 8.61. The summed E-state index contributed by atoms with van der Waals surface area (Å²) in [6.07, 6.45) is 0. The number of nitrogens with zero attached hydrogens (tertiary/aromatic N) is 4. The lowest BCUT2D eigenvalue weighted by molar-refractivity contribution is -0.113. The molecule has 0 aliphatic carbocycles. The Morgan fingerprint density at radius 3 is 2.55 bits per heavy atom. The summed E-state index contributed by atoms with van der Waals surface area (Å²) in [5.41, 5.74) is 0.613. The first-order valence-corrected chi connectivity index (χ1v) is 10.4. The van der Waals surface area contributed by atoms with E-state index >= 15 is 0 Å². The van der Waals surface area contributed by atoms with Gasteiger partial charge in [0.05, 0.1) is 16.3 Å². The minimum Gasteiger partial charge on any atom is -0.325 e. The van der Waals surface area contributed by atoms with Gasteiger partial charge in [-0.3, -0.25) is 4.79 Å². The van der Waals surface area contributed by atoms with Gasteiger partial charge in [0.25, 0.3) is 0 Å². The molecular formula is C16H12F3N5O3S2. The molecule has 3 aromatic rings. The smallest absolute Gasteiger partial charge is 0.325 e. The van der Waals surface area contributed by atoms with E-state index in [1.54, 1.807) is 6.07 Å². The molecule has 29 heavy (non-hydrogen) atoms. The minimum atomic E-state index is -4.70. The van der Waals surface area contributed by atoms with Crippen molar-refractivity contribution in [3.63, 3.8) is 0 Å². The predicted octanol–water partition coefficient (Wildman–Crippen LogP) is 2.53. The molecular weight excluding hydrogens is 431 g/mol. The molecule has 3 rings (SSSR count). The molecule has 0 saturated heterocycles. The van der Waals surface area contributed by atoms with Crippen molar-refractivity contribution in [1.29, 1.82) is 0 Å². The van der Waals surface area contributed by atoms with Crippen LogP contribution in [-0.2, 0) is 14.6 Å². The van der Waals surface area contributed by atoms with Crippen molar-refractivity contribution < 1.29 is 26.4 Å². The highest BCUT2D eigenvalue weighted by molar-refractivity contribution is 7.99. The van der Waals surface area contributed by atoms with E-state index in [1.165, 1.54) is 35.0 Å². The van der Waals surface area contributed by atoms with Gasteiger partial charge in [-0.05, 0) is 52.9 Å². The normalized spacial score (nSPS) is 11.6. The lowest BCUT2D eigenvalue weighted by Gasteiger charge is -2.07. The van der Waals surface area contributed by atoms with Crippen LogP contribution in [0.15, 0.2) is 58.6 Å². The van der Waals surface area contributed by atoms with Crippen LogP contribution in [-0.4, -0.2) is 46.0 Å². The number of hydrogen-bond donors (Lipinski definition) is 1. The first-order chi connectivity index (χ1) is 13.8. The summed E-state index contributed by atoms with van der Waals surface area (Å²) in [5, 5.41) is 13.8. The van der Waals surface area contributed by atoms with E-state index < -0.39 is 32.2 Å². The molecule has 1 amide bonds. The van der Waals surface area contributed by atoms with E-state index in [1.807, 2.05) is 0 Å². The van der Waals surface area contributed by atoms with E-state index in [2.05, 4.69) is 20.8 Å². The summed E-state index contributed by atoms with van der Waals surface area (Å²) >= 11 is 0.990.